The first kappa shape index (κ1) is 30.6. The first-order valence-corrected chi connectivity index (χ1v) is 13.7. The number of hydrogen-bond acceptors (Lipinski definition) is 8. The van der Waals surface area contributed by atoms with Crippen LogP contribution in [0, 0.1) is 0 Å². The fourth-order valence-electron chi connectivity index (χ4n) is 4.48. The molecular weight excluding hydrogens is 560 g/mol. The molecule has 0 bridgehead atoms. The second kappa shape index (κ2) is 14.0. The molecule has 2 aliphatic heterocycles. The van der Waals surface area contributed by atoms with Crippen molar-refractivity contribution >= 4 is 58.6 Å². The number of piperidine rings is 2. The van der Waals surface area contributed by atoms with E-state index in [9.17, 15) is 38.4 Å². The van der Waals surface area contributed by atoms with Gasteiger partial charge in [0.15, 0.2) is 0 Å². The van der Waals surface area contributed by atoms with Gasteiger partial charge >= 0.3 is 0 Å². The van der Waals surface area contributed by atoms with E-state index >= 15 is 0 Å². The number of hydrogen-bond donors (Lipinski definition) is 6. The number of nitrogens with one attached hydrogen (secondary N) is 6. The third kappa shape index (κ3) is 8.79. The number of benzene rings is 2. The van der Waals surface area contributed by atoms with Crippen molar-refractivity contribution in [3.05, 3.63) is 59.7 Å². The lowest BCUT2D eigenvalue weighted by Gasteiger charge is -2.21. The molecule has 2 aliphatic rings. The molecule has 14 nitrogen and oxygen atoms in total. The maximum absolute atomic E-state index is 12.6. The molecule has 2 fully saturated rings. The van der Waals surface area contributed by atoms with Crippen LogP contribution in [0.1, 0.15) is 65.7 Å². The average molecular weight is 591 g/mol. The standard InChI is InChI=1S/C29H30N6O8/c36-22(30-18-6-1-4-16(14-18)26(40)32-20-10-12-24(38)34-28(20)42)8-3-9-23(37)31-19-7-2-5-17(15-19)27(41)33-21-11-13-25(39)35-29(21)43/h1-2,4-7,14-15,20-21H,3,8-13H2,(H,30,36)(H,31,37)(H,32,40)(H,33,41)(H,34,38,42)(H,35,39,43). The number of anilines is 2. The number of carbonyl (C=O) groups excluding carboxylic acids is 8. The smallest absolute Gasteiger partial charge is 0.252 e. The number of rotatable bonds is 10. The predicted octanol–water partition coefficient (Wildman–Crippen LogP) is 0.504. The van der Waals surface area contributed by atoms with Crippen LogP contribution in [0.25, 0.3) is 0 Å². The van der Waals surface area contributed by atoms with E-state index in [1.54, 1.807) is 24.3 Å². The van der Waals surface area contributed by atoms with E-state index in [-0.39, 0.29) is 79.7 Å². The zero-order valence-corrected chi connectivity index (χ0v) is 23.0. The van der Waals surface area contributed by atoms with Crippen LogP contribution in [0.3, 0.4) is 0 Å². The topological polar surface area (TPSA) is 209 Å². The van der Waals surface area contributed by atoms with Crippen molar-refractivity contribution < 1.29 is 38.4 Å². The average Bonchev–Trinajstić information content (AvgIpc) is 2.96. The molecule has 2 aromatic rings. The minimum absolute atomic E-state index is 0.0223. The molecule has 2 aromatic carbocycles. The molecule has 43 heavy (non-hydrogen) atoms. The highest BCUT2D eigenvalue weighted by Crippen LogP contribution is 2.15. The van der Waals surface area contributed by atoms with Crippen LogP contribution in [0.2, 0.25) is 0 Å². The Bertz CT molecular complexity index is 1380. The van der Waals surface area contributed by atoms with Crippen LogP contribution in [0.5, 0.6) is 0 Å². The minimum Gasteiger partial charge on any atom is -0.340 e. The Morgan fingerprint density at radius 2 is 1.07 bits per heavy atom. The molecule has 0 spiro atoms. The Balaban J connectivity index is 1.20. The molecule has 6 N–H and O–H groups in total. The number of carbonyl (C=O) groups is 8. The van der Waals surface area contributed by atoms with Crippen molar-refractivity contribution in [3.63, 3.8) is 0 Å². The van der Waals surface area contributed by atoms with Crippen LogP contribution < -0.4 is 31.9 Å². The van der Waals surface area contributed by atoms with Gasteiger partial charge in [-0.2, -0.15) is 0 Å². The molecule has 0 saturated carbocycles. The summed E-state index contributed by atoms with van der Waals surface area (Å²) >= 11 is 0. The highest BCUT2D eigenvalue weighted by atomic mass is 16.2. The van der Waals surface area contributed by atoms with Crippen molar-refractivity contribution in [2.75, 3.05) is 10.6 Å². The SMILES string of the molecule is O=C1CCC(NC(=O)c2cccc(NC(=O)CCCC(=O)Nc3cccc(C(=O)NC4CCC(=O)NC4=O)c3)c2)C(=O)N1. The van der Waals surface area contributed by atoms with Gasteiger partial charge in [0.25, 0.3) is 11.8 Å². The summed E-state index contributed by atoms with van der Waals surface area (Å²) in [6.45, 7) is 0. The molecule has 2 heterocycles. The first-order valence-electron chi connectivity index (χ1n) is 13.7. The lowest BCUT2D eigenvalue weighted by atomic mass is 10.1. The van der Waals surface area contributed by atoms with Crippen LogP contribution in [-0.2, 0) is 28.8 Å². The van der Waals surface area contributed by atoms with Gasteiger partial charge in [-0.15, -0.1) is 0 Å². The number of imide groups is 2. The quantitative estimate of drug-likeness (QED) is 0.214. The summed E-state index contributed by atoms with van der Waals surface area (Å²) in [5.74, 6) is -3.72. The summed E-state index contributed by atoms with van der Waals surface area (Å²) in [5.41, 5.74) is 1.15. The summed E-state index contributed by atoms with van der Waals surface area (Å²) in [6, 6.07) is 10.6. The molecule has 0 radical (unpaired) electrons. The van der Waals surface area contributed by atoms with Gasteiger partial charge in [-0.05, 0) is 55.7 Å². The number of amides is 8. The molecule has 0 aromatic heterocycles. The Hall–Kier alpha value is -5.40. The van der Waals surface area contributed by atoms with Gasteiger partial charge in [-0.1, -0.05) is 12.1 Å². The Morgan fingerprint density at radius 3 is 1.47 bits per heavy atom. The van der Waals surface area contributed by atoms with Crippen molar-refractivity contribution in [1.82, 2.24) is 21.3 Å². The lowest BCUT2D eigenvalue weighted by molar-refractivity contribution is -0.136. The molecule has 2 unspecified atom stereocenters. The van der Waals surface area contributed by atoms with Crippen molar-refractivity contribution in [2.24, 2.45) is 0 Å². The third-order valence-electron chi connectivity index (χ3n) is 6.71. The molecular formula is C29H30N6O8. The summed E-state index contributed by atoms with van der Waals surface area (Å²) in [5, 5.41) is 14.8. The Labute approximate surface area is 245 Å². The molecule has 4 rings (SSSR count). The molecule has 14 heteroatoms. The van der Waals surface area contributed by atoms with E-state index in [0.717, 1.165) is 0 Å². The van der Waals surface area contributed by atoms with Gasteiger partial charge < -0.3 is 21.3 Å². The molecule has 8 amide bonds. The Morgan fingerprint density at radius 1 is 0.651 bits per heavy atom. The van der Waals surface area contributed by atoms with Crippen molar-refractivity contribution in [1.29, 1.82) is 0 Å². The summed E-state index contributed by atoms with van der Waals surface area (Å²) < 4.78 is 0. The molecule has 0 aliphatic carbocycles. The zero-order chi connectivity index (χ0) is 30.9. The normalized spacial score (nSPS) is 18.1. The zero-order valence-electron chi connectivity index (χ0n) is 23.0. The molecule has 2 saturated heterocycles. The fraction of sp³-hybridized carbons (Fsp3) is 0.310. The van der Waals surface area contributed by atoms with Gasteiger partial charge in [0, 0.05) is 48.2 Å². The van der Waals surface area contributed by atoms with Gasteiger partial charge in [0.05, 0.1) is 0 Å². The van der Waals surface area contributed by atoms with Crippen molar-refractivity contribution in [2.45, 2.75) is 57.0 Å². The predicted molar refractivity (Wildman–Crippen MR) is 151 cm³/mol. The second-order valence-electron chi connectivity index (χ2n) is 10.1. The highest BCUT2D eigenvalue weighted by Gasteiger charge is 2.29. The van der Waals surface area contributed by atoms with E-state index < -0.39 is 35.7 Å². The minimum atomic E-state index is -0.827. The van der Waals surface area contributed by atoms with E-state index in [2.05, 4.69) is 31.9 Å². The van der Waals surface area contributed by atoms with Gasteiger partial charge in [-0.3, -0.25) is 49.0 Å². The monoisotopic (exact) mass is 590 g/mol. The van der Waals surface area contributed by atoms with E-state index in [4.69, 9.17) is 0 Å². The van der Waals surface area contributed by atoms with Crippen LogP contribution in [0.15, 0.2) is 48.5 Å². The second-order valence-corrected chi connectivity index (χ2v) is 10.1. The maximum Gasteiger partial charge on any atom is 0.252 e. The van der Waals surface area contributed by atoms with Crippen LogP contribution in [-0.4, -0.2) is 59.3 Å². The largest absolute Gasteiger partial charge is 0.340 e. The lowest BCUT2D eigenvalue weighted by Crippen LogP contribution is -2.52. The van der Waals surface area contributed by atoms with Gasteiger partial charge in [-0.25, -0.2) is 0 Å². The Kier molecular flexibility index (Phi) is 9.93. The highest BCUT2D eigenvalue weighted by molar-refractivity contribution is 6.05. The van der Waals surface area contributed by atoms with E-state index in [0.29, 0.717) is 11.4 Å². The van der Waals surface area contributed by atoms with Crippen LogP contribution >= 0.6 is 0 Å². The maximum atomic E-state index is 12.6. The van der Waals surface area contributed by atoms with E-state index in [1.807, 2.05) is 0 Å². The fourth-order valence-corrected chi connectivity index (χ4v) is 4.48. The first-order chi connectivity index (χ1) is 20.6. The van der Waals surface area contributed by atoms with Crippen molar-refractivity contribution in [3.8, 4) is 0 Å². The summed E-state index contributed by atoms with van der Waals surface area (Å²) in [4.78, 5) is 96.3. The van der Waals surface area contributed by atoms with Gasteiger partial charge in [0.1, 0.15) is 12.1 Å². The third-order valence-corrected chi connectivity index (χ3v) is 6.71. The summed E-state index contributed by atoms with van der Waals surface area (Å²) in [7, 11) is 0. The molecule has 2 atom stereocenters. The van der Waals surface area contributed by atoms with E-state index in [1.165, 1.54) is 24.3 Å². The van der Waals surface area contributed by atoms with Crippen LogP contribution in [0.4, 0.5) is 11.4 Å². The molecule has 224 valence electrons. The summed E-state index contributed by atoms with van der Waals surface area (Å²) in [6.07, 6.45) is 0.922. The van der Waals surface area contributed by atoms with Gasteiger partial charge in [0.2, 0.25) is 35.4 Å².